The van der Waals surface area contributed by atoms with E-state index in [1.807, 2.05) is 6.07 Å². The zero-order valence-corrected chi connectivity index (χ0v) is 33.0. The maximum absolute atomic E-state index is 13.8. The number of hydrogen-bond acceptors (Lipinski definition) is 8. The number of para-hydroxylation sites is 1. The number of unbranched alkanes of at least 4 members (excludes halogenated alkanes) is 13. The molecular formula is C43H55ClN4O6. The first-order chi connectivity index (χ1) is 26.0. The van der Waals surface area contributed by atoms with Crippen LogP contribution in [0.2, 0.25) is 5.02 Å². The van der Waals surface area contributed by atoms with Crippen molar-refractivity contribution < 1.29 is 28.7 Å². The number of amides is 1. The van der Waals surface area contributed by atoms with Crippen LogP contribution < -0.4 is 10.1 Å². The van der Waals surface area contributed by atoms with Crippen molar-refractivity contribution in [3.8, 4) is 5.75 Å². The van der Waals surface area contributed by atoms with Gasteiger partial charge in [0.15, 0.2) is 5.78 Å². The first kappa shape index (κ1) is 42.2. The molecule has 54 heavy (non-hydrogen) atoms. The Kier molecular flexibility index (Phi) is 16.7. The van der Waals surface area contributed by atoms with Crippen LogP contribution in [-0.2, 0) is 14.3 Å². The molecule has 3 aromatic carbocycles. The fraction of sp³-hybridized carbons (Fsp3) is 0.488. The Morgan fingerprint density at radius 1 is 0.704 bits per heavy atom. The normalized spacial score (nSPS) is 12.0. The van der Waals surface area contributed by atoms with E-state index in [9.17, 15) is 19.2 Å². The summed E-state index contributed by atoms with van der Waals surface area (Å²) < 4.78 is 11.0. The lowest BCUT2D eigenvalue weighted by atomic mass is 9.86. The largest absolute Gasteiger partial charge is 0.462 e. The lowest BCUT2D eigenvalue weighted by molar-refractivity contribution is -0.136. The minimum Gasteiger partial charge on any atom is -0.462 e. The monoisotopic (exact) mass is 758 g/mol. The van der Waals surface area contributed by atoms with Gasteiger partial charge in [0.05, 0.1) is 28.4 Å². The van der Waals surface area contributed by atoms with E-state index in [0.29, 0.717) is 23.4 Å². The van der Waals surface area contributed by atoms with E-state index in [-0.39, 0.29) is 21.8 Å². The number of ether oxygens (including phenoxy) is 2. The molecule has 4 rings (SSSR count). The van der Waals surface area contributed by atoms with Gasteiger partial charge in [0.2, 0.25) is 6.04 Å². The van der Waals surface area contributed by atoms with Gasteiger partial charge in [-0.25, -0.2) is 9.59 Å². The predicted molar refractivity (Wildman–Crippen MR) is 213 cm³/mol. The van der Waals surface area contributed by atoms with E-state index in [1.165, 1.54) is 101 Å². The summed E-state index contributed by atoms with van der Waals surface area (Å²) in [5.41, 5.74) is 0.292. The lowest BCUT2D eigenvalue weighted by Gasteiger charge is -2.23. The predicted octanol–water partition coefficient (Wildman–Crippen LogP) is 10.7. The van der Waals surface area contributed by atoms with Gasteiger partial charge in [0.1, 0.15) is 16.8 Å². The van der Waals surface area contributed by atoms with Crippen LogP contribution in [0, 0.1) is 5.41 Å². The Labute approximate surface area is 324 Å². The third-order valence-electron chi connectivity index (χ3n) is 9.24. The molecule has 10 nitrogen and oxygen atoms in total. The number of halogens is 1. The van der Waals surface area contributed by atoms with Crippen LogP contribution in [0.25, 0.3) is 11.0 Å². The average Bonchev–Trinajstić information content (AvgIpc) is 3.57. The molecule has 1 unspecified atom stereocenters. The van der Waals surface area contributed by atoms with E-state index < -0.39 is 35.1 Å². The average molecular weight is 759 g/mol. The number of esters is 2. The second-order valence-electron chi connectivity index (χ2n) is 14.9. The van der Waals surface area contributed by atoms with Gasteiger partial charge < -0.3 is 14.8 Å². The number of nitrogens with one attached hydrogen (secondary N) is 1. The van der Waals surface area contributed by atoms with Crippen molar-refractivity contribution in [2.24, 2.45) is 5.41 Å². The number of benzene rings is 3. The third kappa shape index (κ3) is 13.1. The lowest BCUT2D eigenvalue weighted by Crippen LogP contribution is -2.39. The Morgan fingerprint density at radius 2 is 1.26 bits per heavy atom. The van der Waals surface area contributed by atoms with Crippen molar-refractivity contribution in [3.05, 3.63) is 82.9 Å². The molecule has 0 aliphatic heterocycles. The third-order valence-corrected chi connectivity index (χ3v) is 9.57. The maximum Gasteiger partial charge on any atom is 0.343 e. The number of carbonyl (C=O) groups is 4. The Balaban J connectivity index is 1.31. The van der Waals surface area contributed by atoms with Gasteiger partial charge in [-0.3, -0.25) is 9.59 Å². The van der Waals surface area contributed by atoms with Gasteiger partial charge >= 0.3 is 11.9 Å². The molecule has 0 aliphatic carbocycles. The smallest absolute Gasteiger partial charge is 0.343 e. The van der Waals surface area contributed by atoms with Gasteiger partial charge in [-0.05, 0) is 55.0 Å². The number of ketones is 1. The van der Waals surface area contributed by atoms with E-state index in [4.69, 9.17) is 21.1 Å². The van der Waals surface area contributed by atoms with Crippen LogP contribution in [0.15, 0.2) is 66.7 Å². The van der Waals surface area contributed by atoms with Crippen LogP contribution >= 0.6 is 11.6 Å². The van der Waals surface area contributed by atoms with Gasteiger partial charge in [0.25, 0.3) is 5.91 Å². The highest BCUT2D eigenvalue weighted by Crippen LogP contribution is 2.29. The van der Waals surface area contributed by atoms with Gasteiger partial charge in [-0.2, -0.15) is 15.0 Å². The zero-order valence-electron chi connectivity index (χ0n) is 32.2. The molecule has 290 valence electrons. The fourth-order valence-corrected chi connectivity index (χ4v) is 6.23. The van der Waals surface area contributed by atoms with Crippen LogP contribution in [0.1, 0.15) is 144 Å². The second-order valence-corrected chi connectivity index (χ2v) is 15.3. The molecular weight excluding hydrogens is 704 g/mol. The molecule has 1 heterocycles. The van der Waals surface area contributed by atoms with Crippen molar-refractivity contribution in [1.82, 2.24) is 15.0 Å². The van der Waals surface area contributed by atoms with Crippen molar-refractivity contribution in [2.75, 3.05) is 11.9 Å². The summed E-state index contributed by atoms with van der Waals surface area (Å²) in [7, 11) is 0. The van der Waals surface area contributed by atoms with Crippen molar-refractivity contribution >= 4 is 52.0 Å². The standard InChI is InChI=1S/C43H55ClN4O6/c1-5-6-7-8-9-10-11-12-13-14-15-16-17-21-28-53-41(51)31-24-26-34(44)36(29-31)45-40(50)38(39(49)43(2,3)4)48-46-35-27-25-32(30-37(35)47-48)42(52)54-33-22-19-18-20-23-33/h18-20,22-27,29-30,38H,5-17,21,28H2,1-4H3,(H,45,50). The van der Waals surface area contributed by atoms with E-state index in [1.54, 1.807) is 51.1 Å². The van der Waals surface area contributed by atoms with Crippen LogP contribution in [0.3, 0.4) is 0 Å². The summed E-state index contributed by atoms with van der Waals surface area (Å²) in [6.45, 7) is 7.63. The molecule has 0 fully saturated rings. The minimum absolute atomic E-state index is 0.141. The zero-order chi connectivity index (χ0) is 38.9. The molecule has 1 N–H and O–H groups in total. The number of nitrogens with zero attached hydrogens (tertiary/aromatic N) is 3. The molecule has 0 aliphatic rings. The highest BCUT2D eigenvalue weighted by Gasteiger charge is 2.38. The number of hydrogen-bond donors (Lipinski definition) is 1. The summed E-state index contributed by atoms with van der Waals surface area (Å²) in [4.78, 5) is 54.3. The number of aromatic nitrogens is 3. The number of fused-ring (bicyclic) bond motifs is 1. The van der Waals surface area contributed by atoms with Crippen LogP contribution in [-0.4, -0.2) is 45.2 Å². The van der Waals surface area contributed by atoms with E-state index >= 15 is 0 Å². The summed E-state index contributed by atoms with van der Waals surface area (Å²) in [6.07, 6.45) is 17.4. The molecule has 0 saturated heterocycles. The summed E-state index contributed by atoms with van der Waals surface area (Å²) in [5.74, 6) is -1.93. The molecule has 0 saturated carbocycles. The summed E-state index contributed by atoms with van der Waals surface area (Å²) >= 11 is 6.45. The first-order valence-corrected chi connectivity index (χ1v) is 19.8. The molecule has 1 atom stereocenters. The minimum atomic E-state index is -1.48. The Hall–Kier alpha value is -4.57. The SMILES string of the molecule is CCCCCCCCCCCCCCCCOC(=O)c1ccc(Cl)c(NC(=O)C(C(=O)C(C)(C)C)n2nc3ccc(C(=O)Oc4ccccc4)cc3n2)c1. The molecule has 1 aromatic heterocycles. The maximum atomic E-state index is 13.8. The van der Waals surface area contributed by atoms with Crippen LogP contribution in [0.5, 0.6) is 5.75 Å². The second kappa shape index (κ2) is 21.4. The van der Waals surface area contributed by atoms with Crippen molar-refractivity contribution in [2.45, 2.75) is 124 Å². The number of Topliss-reactive ketones (excluding diaryl/α,β-unsaturated/α-hetero) is 1. The molecule has 0 bridgehead atoms. The van der Waals surface area contributed by atoms with E-state index in [2.05, 4.69) is 22.4 Å². The molecule has 0 radical (unpaired) electrons. The van der Waals surface area contributed by atoms with Gasteiger partial charge in [-0.1, -0.05) is 141 Å². The quantitative estimate of drug-likeness (QED) is 0.0363. The summed E-state index contributed by atoms with van der Waals surface area (Å²) in [5, 5.41) is 11.7. The van der Waals surface area contributed by atoms with Gasteiger partial charge in [-0.15, -0.1) is 0 Å². The number of anilines is 1. The first-order valence-electron chi connectivity index (χ1n) is 19.4. The van der Waals surface area contributed by atoms with E-state index in [0.717, 1.165) is 24.1 Å². The van der Waals surface area contributed by atoms with Gasteiger partial charge in [0, 0.05) is 5.41 Å². The molecule has 0 spiro atoms. The molecule has 11 heteroatoms. The molecule has 1 amide bonds. The highest BCUT2D eigenvalue weighted by atomic mass is 35.5. The van der Waals surface area contributed by atoms with Crippen molar-refractivity contribution in [3.63, 3.8) is 0 Å². The number of carbonyl (C=O) groups excluding carboxylic acids is 4. The number of rotatable bonds is 22. The molecule has 4 aromatic rings. The Morgan fingerprint density at radius 3 is 1.87 bits per heavy atom. The highest BCUT2D eigenvalue weighted by molar-refractivity contribution is 6.34. The summed E-state index contributed by atoms with van der Waals surface area (Å²) in [6, 6.07) is 16.2. The van der Waals surface area contributed by atoms with Crippen molar-refractivity contribution in [1.29, 1.82) is 0 Å². The topological polar surface area (TPSA) is 129 Å². The van der Waals surface area contributed by atoms with Crippen LogP contribution in [0.4, 0.5) is 5.69 Å². The Bertz CT molecular complexity index is 1830. The fourth-order valence-electron chi connectivity index (χ4n) is 6.06.